The second-order valence-corrected chi connectivity index (χ2v) is 8.37. The first-order chi connectivity index (χ1) is 15.4. The summed E-state index contributed by atoms with van der Waals surface area (Å²) in [5.74, 6) is 0.588. The van der Waals surface area contributed by atoms with Crippen LogP contribution >= 0.6 is 0 Å². The van der Waals surface area contributed by atoms with Crippen molar-refractivity contribution < 1.29 is 13.5 Å². The van der Waals surface area contributed by atoms with Gasteiger partial charge in [0.25, 0.3) is 0 Å². The molecule has 32 heavy (non-hydrogen) atoms. The van der Waals surface area contributed by atoms with Crippen LogP contribution in [0.3, 0.4) is 0 Å². The maximum absolute atomic E-state index is 13.9. The number of fused-ring (bicyclic) bond motifs is 1. The van der Waals surface area contributed by atoms with Gasteiger partial charge in [0.05, 0.1) is 5.52 Å². The van der Waals surface area contributed by atoms with Crippen molar-refractivity contribution in [3.8, 4) is 11.5 Å². The Bertz CT molecular complexity index is 1230. The van der Waals surface area contributed by atoms with E-state index in [1.54, 1.807) is 6.20 Å². The maximum Gasteiger partial charge on any atom is 0.150 e. The Morgan fingerprint density at radius 3 is 2.44 bits per heavy atom. The number of aromatic amines is 1. The summed E-state index contributed by atoms with van der Waals surface area (Å²) in [6.45, 7) is 2.09. The van der Waals surface area contributed by atoms with Crippen LogP contribution in [0.5, 0.6) is 11.5 Å². The first kappa shape index (κ1) is 21.9. The smallest absolute Gasteiger partial charge is 0.150 e. The minimum absolute atomic E-state index is 0.375. The highest BCUT2D eigenvalue weighted by molar-refractivity contribution is 5.83. The van der Waals surface area contributed by atoms with Crippen molar-refractivity contribution in [1.29, 1.82) is 0 Å². The number of hydrogen-bond donors (Lipinski definition) is 1. The highest BCUT2D eigenvalue weighted by Gasteiger charge is 2.11. The zero-order chi connectivity index (χ0) is 22.7. The Morgan fingerprint density at radius 2 is 1.66 bits per heavy atom. The molecular formula is C27H28F2N2O. The van der Waals surface area contributed by atoms with Gasteiger partial charge >= 0.3 is 0 Å². The molecule has 4 rings (SSSR count). The van der Waals surface area contributed by atoms with Gasteiger partial charge in [-0.1, -0.05) is 18.2 Å². The summed E-state index contributed by atoms with van der Waals surface area (Å²) in [5, 5.41) is 0.633. The molecule has 0 unspecified atom stereocenters. The number of nitrogens with zero attached hydrogens (tertiary/aromatic N) is 1. The predicted molar refractivity (Wildman–Crippen MR) is 127 cm³/mol. The van der Waals surface area contributed by atoms with Crippen LogP contribution < -0.4 is 9.64 Å². The molecule has 3 nitrogen and oxygen atoms in total. The van der Waals surface area contributed by atoms with Gasteiger partial charge in [0.15, 0.2) is 0 Å². The van der Waals surface area contributed by atoms with E-state index < -0.39 is 11.6 Å². The minimum atomic E-state index is -0.546. The van der Waals surface area contributed by atoms with Crippen LogP contribution in [0.25, 0.3) is 10.9 Å². The zero-order valence-electron chi connectivity index (χ0n) is 18.7. The van der Waals surface area contributed by atoms with Crippen LogP contribution in [0, 0.1) is 18.6 Å². The minimum Gasteiger partial charge on any atom is -0.457 e. The molecule has 0 atom stereocenters. The predicted octanol–water partition coefficient (Wildman–Crippen LogP) is 7.18. The lowest BCUT2D eigenvalue weighted by atomic mass is 9.99. The fourth-order valence-electron chi connectivity index (χ4n) is 4.04. The summed E-state index contributed by atoms with van der Waals surface area (Å²) in [5.41, 5.74) is 4.81. The Labute approximate surface area is 187 Å². The van der Waals surface area contributed by atoms with Gasteiger partial charge in [-0.05, 0) is 73.6 Å². The van der Waals surface area contributed by atoms with E-state index in [-0.39, 0.29) is 0 Å². The van der Waals surface area contributed by atoms with E-state index in [0.29, 0.717) is 10.9 Å². The second kappa shape index (κ2) is 9.43. The number of halogens is 2. The molecule has 0 radical (unpaired) electrons. The van der Waals surface area contributed by atoms with Crippen molar-refractivity contribution in [2.45, 2.75) is 32.6 Å². The van der Waals surface area contributed by atoms with Gasteiger partial charge in [-0.25, -0.2) is 8.78 Å². The molecule has 3 aromatic carbocycles. The van der Waals surface area contributed by atoms with Gasteiger partial charge in [-0.3, -0.25) is 0 Å². The van der Waals surface area contributed by atoms with Crippen molar-refractivity contribution in [2.24, 2.45) is 0 Å². The molecule has 0 aliphatic heterocycles. The lowest BCUT2D eigenvalue weighted by Gasteiger charge is -2.16. The third-order valence-electron chi connectivity index (χ3n) is 5.89. The molecule has 0 aliphatic rings. The fraction of sp³-hybridized carbons (Fsp3) is 0.259. The maximum atomic E-state index is 13.9. The molecule has 5 heteroatoms. The molecule has 0 saturated heterocycles. The molecule has 0 fully saturated rings. The molecule has 0 spiro atoms. The number of anilines is 1. The van der Waals surface area contributed by atoms with E-state index in [2.05, 4.69) is 18.0 Å². The number of aromatic nitrogens is 1. The number of ether oxygens (including phenoxy) is 1. The van der Waals surface area contributed by atoms with Crippen molar-refractivity contribution in [3.05, 3.63) is 89.1 Å². The Hall–Kier alpha value is -3.34. The summed E-state index contributed by atoms with van der Waals surface area (Å²) in [4.78, 5) is 4.98. The van der Waals surface area contributed by atoms with Crippen LogP contribution in [-0.2, 0) is 12.8 Å². The van der Waals surface area contributed by atoms with Crippen LogP contribution in [0.4, 0.5) is 14.5 Å². The number of H-pyrrole nitrogens is 1. The highest BCUT2D eigenvalue weighted by Crippen LogP contribution is 2.30. The van der Waals surface area contributed by atoms with E-state index in [4.69, 9.17) is 4.74 Å². The molecular weight excluding hydrogens is 406 g/mol. The van der Waals surface area contributed by atoms with Crippen LogP contribution in [-0.4, -0.2) is 19.1 Å². The van der Waals surface area contributed by atoms with Crippen LogP contribution in [0.15, 0.2) is 60.8 Å². The van der Waals surface area contributed by atoms with E-state index in [9.17, 15) is 8.78 Å². The van der Waals surface area contributed by atoms with Crippen molar-refractivity contribution in [3.63, 3.8) is 0 Å². The van der Waals surface area contributed by atoms with Crippen molar-refractivity contribution in [2.75, 3.05) is 19.0 Å². The number of unbranched alkanes of at least 4 members (excludes halogenated alkanes) is 1. The number of hydrogen-bond acceptors (Lipinski definition) is 2. The number of benzene rings is 3. The highest BCUT2D eigenvalue weighted by atomic mass is 19.1. The topological polar surface area (TPSA) is 28.3 Å². The first-order valence-electron chi connectivity index (χ1n) is 10.9. The van der Waals surface area contributed by atoms with Crippen LogP contribution in [0.1, 0.15) is 29.5 Å². The van der Waals surface area contributed by atoms with E-state index in [1.807, 2.05) is 55.4 Å². The monoisotopic (exact) mass is 434 g/mol. The number of nitrogens with one attached hydrogen (secondary N) is 1. The summed E-state index contributed by atoms with van der Waals surface area (Å²) in [7, 11) is 4.02. The fourth-order valence-corrected chi connectivity index (χ4v) is 4.04. The third-order valence-corrected chi connectivity index (χ3v) is 5.89. The van der Waals surface area contributed by atoms with Gasteiger partial charge in [0.2, 0.25) is 0 Å². The lowest BCUT2D eigenvalue weighted by Crippen LogP contribution is -2.08. The van der Waals surface area contributed by atoms with Crippen LogP contribution in [0.2, 0.25) is 0 Å². The summed E-state index contributed by atoms with van der Waals surface area (Å²) >= 11 is 0. The molecule has 1 aromatic heterocycles. The standard InChI is InChI=1S/C27H28F2N2O/c1-18-19(10-6-13-26(18)32-23-12-7-11-22(16-23)31(2)3)8-4-5-9-20-17-30-27-24(20)14-21(28)15-25(27)29/h6-7,10-17,30H,4-5,8-9H2,1-3H3. The van der Waals surface area contributed by atoms with E-state index in [1.165, 1.54) is 11.6 Å². The largest absolute Gasteiger partial charge is 0.457 e. The Morgan fingerprint density at radius 1 is 0.906 bits per heavy atom. The molecule has 0 bridgehead atoms. The third kappa shape index (κ3) is 4.77. The average molecular weight is 435 g/mol. The summed E-state index contributed by atoms with van der Waals surface area (Å²) in [6, 6.07) is 16.5. The van der Waals surface area contributed by atoms with Crippen molar-refractivity contribution in [1.82, 2.24) is 4.98 Å². The lowest BCUT2D eigenvalue weighted by molar-refractivity contribution is 0.478. The van der Waals surface area contributed by atoms with Gasteiger partial charge in [-0.15, -0.1) is 0 Å². The zero-order valence-corrected chi connectivity index (χ0v) is 18.7. The summed E-state index contributed by atoms with van der Waals surface area (Å²) in [6.07, 6.45) is 5.39. The molecule has 166 valence electrons. The number of aryl methyl sites for hydroxylation is 2. The number of rotatable bonds is 8. The first-order valence-corrected chi connectivity index (χ1v) is 10.9. The van der Waals surface area contributed by atoms with Gasteiger partial charge in [0, 0.05) is 43.5 Å². The molecule has 0 aliphatic carbocycles. The van der Waals surface area contributed by atoms with Gasteiger partial charge < -0.3 is 14.6 Å². The molecule has 0 saturated carbocycles. The average Bonchev–Trinajstić information content (AvgIpc) is 3.17. The van der Waals surface area contributed by atoms with E-state index >= 15 is 0 Å². The second-order valence-electron chi connectivity index (χ2n) is 8.37. The quantitative estimate of drug-likeness (QED) is 0.298. The molecule has 0 amide bonds. The SMILES string of the molecule is Cc1c(CCCCc2c[nH]c3c(F)cc(F)cc23)cccc1Oc1cccc(N(C)C)c1. The Kier molecular flexibility index (Phi) is 6.45. The van der Waals surface area contributed by atoms with Gasteiger partial charge in [0.1, 0.15) is 23.1 Å². The molecule has 1 heterocycles. The molecule has 4 aromatic rings. The normalized spacial score (nSPS) is 11.2. The summed E-state index contributed by atoms with van der Waals surface area (Å²) < 4.78 is 33.7. The van der Waals surface area contributed by atoms with E-state index in [0.717, 1.165) is 60.1 Å². The Balaban J connectivity index is 1.39. The van der Waals surface area contributed by atoms with Gasteiger partial charge in [-0.2, -0.15) is 0 Å². The molecule has 1 N–H and O–H groups in total. The van der Waals surface area contributed by atoms with Crippen molar-refractivity contribution >= 4 is 16.6 Å².